The van der Waals surface area contributed by atoms with E-state index in [1.54, 1.807) is 11.8 Å². The summed E-state index contributed by atoms with van der Waals surface area (Å²) < 4.78 is 4.76. The Morgan fingerprint density at radius 1 is 1.90 bits per heavy atom. The van der Waals surface area contributed by atoms with Gasteiger partial charge in [-0.1, -0.05) is 0 Å². The lowest BCUT2D eigenvalue weighted by molar-refractivity contribution is -0.132. The highest BCUT2D eigenvalue weighted by Crippen LogP contribution is 2.18. The second kappa shape index (κ2) is 3.83. The molecule has 0 amide bonds. The number of carbonyl (C=O) groups excluding carboxylic acids is 1. The lowest BCUT2D eigenvalue weighted by Gasteiger charge is -2.15. The fourth-order valence-electron chi connectivity index (χ4n) is 0.906. The molecule has 1 aliphatic heterocycles. The maximum Gasteiger partial charge on any atom is 0.293 e. The van der Waals surface area contributed by atoms with E-state index < -0.39 is 0 Å². The minimum atomic E-state index is -0.00926. The van der Waals surface area contributed by atoms with Crippen molar-refractivity contribution in [1.29, 1.82) is 0 Å². The van der Waals surface area contributed by atoms with Crippen molar-refractivity contribution in [2.45, 2.75) is 18.4 Å². The van der Waals surface area contributed by atoms with Crippen LogP contribution >= 0.6 is 11.8 Å². The largest absolute Gasteiger partial charge is 0.462 e. The second-order valence-corrected chi connectivity index (χ2v) is 3.43. The van der Waals surface area contributed by atoms with E-state index in [2.05, 4.69) is 5.32 Å². The van der Waals surface area contributed by atoms with Crippen LogP contribution in [0.5, 0.6) is 0 Å². The van der Waals surface area contributed by atoms with Crippen molar-refractivity contribution in [3.63, 3.8) is 0 Å². The first-order valence-corrected chi connectivity index (χ1v) is 4.33. The molecule has 1 heterocycles. The molecular weight excluding hydrogens is 150 g/mol. The van der Waals surface area contributed by atoms with Gasteiger partial charge in [0.2, 0.25) is 0 Å². The molecule has 0 aromatic heterocycles. The number of thioether (sulfide) groups is 1. The quantitative estimate of drug-likeness (QED) is 0.600. The Kier molecular flexibility index (Phi) is 3.02. The third kappa shape index (κ3) is 1.88. The van der Waals surface area contributed by atoms with Crippen molar-refractivity contribution >= 4 is 18.2 Å². The molecule has 1 rings (SSSR count). The Balaban J connectivity index is 2.24. The van der Waals surface area contributed by atoms with Crippen LogP contribution in [0, 0.1) is 0 Å². The van der Waals surface area contributed by atoms with Gasteiger partial charge in [-0.25, -0.2) is 0 Å². The number of hydrogen-bond donors (Lipinski definition) is 1. The van der Waals surface area contributed by atoms with Gasteiger partial charge in [0.25, 0.3) is 6.47 Å². The summed E-state index contributed by atoms with van der Waals surface area (Å²) in [6.45, 7) is 3.41. The molecule has 1 aliphatic rings. The predicted octanol–water partition coefficient (Wildman–Crippen LogP) is 0.210. The SMILES string of the molecule is CC(OC=O)[C@H]1NCCS1. The van der Waals surface area contributed by atoms with Crippen LogP contribution in [0.4, 0.5) is 0 Å². The molecular formula is C6H11NO2S. The Bertz CT molecular complexity index is 114. The standard InChI is InChI=1S/C6H11NO2S/c1-5(9-4-8)6-7-2-3-10-6/h4-7H,2-3H2,1H3/t5?,6-/m0/s1. The monoisotopic (exact) mass is 161 g/mol. The Morgan fingerprint density at radius 3 is 3.20 bits per heavy atom. The molecule has 0 spiro atoms. The maximum atomic E-state index is 9.91. The number of hydrogen-bond acceptors (Lipinski definition) is 4. The summed E-state index contributed by atoms with van der Waals surface area (Å²) in [4.78, 5) is 9.91. The molecule has 0 aliphatic carbocycles. The number of carbonyl (C=O) groups is 1. The van der Waals surface area contributed by atoms with Gasteiger partial charge < -0.3 is 10.1 Å². The third-order valence-electron chi connectivity index (χ3n) is 1.44. The smallest absolute Gasteiger partial charge is 0.293 e. The first-order chi connectivity index (χ1) is 4.84. The van der Waals surface area contributed by atoms with Crippen LogP contribution in [0.25, 0.3) is 0 Å². The van der Waals surface area contributed by atoms with Crippen LogP contribution in [0.2, 0.25) is 0 Å². The normalized spacial score (nSPS) is 27.9. The molecule has 0 aromatic carbocycles. The van der Waals surface area contributed by atoms with E-state index in [0.717, 1.165) is 12.3 Å². The van der Waals surface area contributed by atoms with Gasteiger partial charge in [0.1, 0.15) is 6.10 Å². The highest BCUT2D eigenvalue weighted by Gasteiger charge is 2.21. The molecule has 1 N–H and O–H groups in total. The van der Waals surface area contributed by atoms with Crippen LogP contribution in [0.3, 0.4) is 0 Å². The van der Waals surface area contributed by atoms with E-state index in [1.165, 1.54) is 0 Å². The fourth-order valence-corrected chi connectivity index (χ4v) is 1.97. The zero-order chi connectivity index (χ0) is 7.40. The van der Waals surface area contributed by atoms with Crippen molar-refractivity contribution in [3.8, 4) is 0 Å². The highest BCUT2D eigenvalue weighted by molar-refractivity contribution is 8.00. The average molecular weight is 161 g/mol. The summed E-state index contributed by atoms with van der Waals surface area (Å²) in [5, 5.41) is 3.52. The molecule has 1 fully saturated rings. The molecule has 1 saturated heterocycles. The Hall–Kier alpha value is -0.220. The van der Waals surface area contributed by atoms with E-state index >= 15 is 0 Å². The molecule has 10 heavy (non-hydrogen) atoms. The van der Waals surface area contributed by atoms with Gasteiger partial charge in [0.05, 0.1) is 5.37 Å². The van der Waals surface area contributed by atoms with Gasteiger partial charge in [0, 0.05) is 12.3 Å². The van der Waals surface area contributed by atoms with Gasteiger partial charge in [-0.15, -0.1) is 11.8 Å². The lowest BCUT2D eigenvalue weighted by Crippen LogP contribution is -2.32. The van der Waals surface area contributed by atoms with E-state index in [0.29, 0.717) is 11.8 Å². The summed E-state index contributed by atoms with van der Waals surface area (Å²) >= 11 is 1.80. The topological polar surface area (TPSA) is 38.3 Å². The number of rotatable bonds is 3. The fraction of sp³-hybridized carbons (Fsp3) is 0.833. The first kappa shape index (κ1) is 7.88. The summed E-state index contributed by atoms with van der Waals surface area (Å²) in [6.07, 6.45) is -0.00926. The van der Waals surface area contributed by atoms with Crippen LogP contribution in [-0.4, -0.2) is 30.2 Å². The van der Waals surface area contributed by atoms with Gasteiger partial charge >= 0.3 is 0 Å². The molecule has 3 nitrogen and oxygen atoms in total. The minimum absolute atomic E-state index is 0.00926. The zero-order valence-corrected chi connectivity index (χ0v) is 6.69. The minimum Gasteiger partial charge on any atom is -0.462 e. The van der Waals surface area contributed by atoms with Gasteiger partial charge in [-0.2, -0.15) is 0 Å². The average Bonchev–Trinajstić information content (AvgIpc) is 2.38. The number of nitrogens with one attached hydrogen (secondary N) is 1. The summed E-state index contributed by atoms with van der Waals surface area (Å²) in [5.74, 6) is 1.11. The third-order valence-corrected chi connectivity index (χ3v) is 2.79. The number of ether oxygens (including phenoxy) is 1. The summed E-state index contributed by atoms with van der Waals surface area (Å²) in [6, 6.07) is 0. The summed E-state index contributed by atoms with van der Waals surface area (Å²) in [7, 11) is 0. The van der Waals surface area contributed by atoms with Crippen molar-refractivity contribution in [2.24, 2.45) is 0 Å². The van der Waals surface area contributed by atoms with Gasteiger partial charge in [-0.3, -0.25) is 4.79 Å². The van der Waals surface area contributed by atoms with Crippen LogP contribution in [-0.2, 0) is 9.53 Å². The molecule has 2 atom stereocenters. The van der Waals surface area contributed by atoms with E-state index in [1.807, 2.05) is 6.92 Å². The van der Waals surface area contributed by atoms with E-state index in [9.17, 15) is 4.79 Å². The summed E-state index contributed by atoms with van der Waals surface area (Å²) in [5.41, 5.74) is 0. The van der Waals surface area contributed by atoms with Gasteiger partial charge in [0.15, 0.2) is 0 Å². The molecule has 58 valence electrons. The molecule has 4 heteroatoms. The molecule has 0 aromatic rings. The Morgan fingerprint density at radius 2 is 2.70 bits per heavy atom. The molecule has 0 saturated carbocycles. The maximum absolute atomic E-state index is 9.91. The van der Waals surface area contributed by atoms with Gasteiger partial charge in [-0.05, 0) is 6.92 Å². The molecule has 1 unspecified atom stereocenters. The van der Waals surface area contributed by atoms with Crippen molar-refractivity contribution in [3.05, 3.63) is 0 Å². The first-order valence-electron chi connectivity index (χ1n) is 3.28. The van der Waals surface area contributed by atoms with Crippen LogP contribution < -0.4 is 5.32 Å². The molecule has 0 bridgehead atoms. The van der Waals surface area contributed by atoms with Crippen molar-refractivity contribution in [2.75, 3.05) is 12.3 Å². The zero-order valence-electron chi connectivity index (χ0n) is 5.87. The van der Waals surface area contributed by atoms with Crippen molar-refractivity contribution in [1.82, 2.24) is 5.32 Å². The highest BCUT2D eigenvalue weighted by atomic mass is 32.2. The predicted molar refractivity (Wildman–Crippen MR) is 40.9 cm³/mol. The van der Waals surface area contributed by atoms with E-state index in [4.69, 9.17) is 4.74 Å². The van der Waals surface area contributed by atoms with Crippen LogP contribution in [0.1, 0.15) is 6.92 Å². The Labute approximate surface area is 64.5 Å². The lowest BCUT2D eigenvalue weighted by atomic mass is 10.4. The molecule has 0 radical (unpaired) electrons. The van der Waals surface area contributed by atoms with Crippen molar-refractivity contribution < 1.29 is 9.53 Å². The van der Waals surface area contributed by atoms with Crippen LogP contribution in [0.15, 0.2) is 0 Å². The van der Waals surface area contributed by atoms with E-state index in [-0.39, 0.29) is 6.10 Å². The second-order valence-electron chi connectivity index (χ2n) is 2.18.